The Balaban J connectivity index is 2.73. The maximum absolute atomic E-state index is 11.8. The second kappa shape index (κ2) is 5.01. The van der Waals surface area contributed by atoms with Gasteiger partial charge in [0, 0.05) is 23.8 Å². The van der Waals surface area contributed by atoms with Gasteiger partial charge in [0.05, 0.1) is 5.60 Å². The van der Waals surface area contributed by atoms with Crippen LogP contribution in [0.4, 0.5) is 0 Å². The van der Waals surface area contributed by atoms with Gasteiger partial charge in [-0.25, -0.2) is 0 Å². The molecule has 1 rings (SSSR count). The number of aliphatic hydroxyl groups is 1. The number of hydrogen-bond acceptors (Lipinski definition) is 2. The number of hydrogen-bond donors (Lipinski definition) is 2. The molecule has 0 aliphatic carbocycles. The largest absolute Gasteiger partial charge is 0.389 e. The van der Waals surface area contributed by atoms with Crippen molar-refractivity contribution in [3.8, 4) is 0 Å². The summed E-state index contributed by atoms with van der Waals surface area (Å²) in [5.41, 5.74) is -0.296. The number of nitrogens with one attached hydrogen (secondary N) is 1. The lowest BCUT2D eigenvalue weighted by molar-refractivity contribution is 0.0690. The normalized spacial score (nSPS) is 11.6. The van der Waals surface area contributed by atoms with Gasteiger partial charge in [0.25, 0.3) is 5.91 Å². The zero-order valence-electron chi connectivity index (χ0n) is 9.75. The molecule has 0 aliphatic heterocycles. The zero-order chi connectivity index (χ0) is 12.3. The number of amides is 1. The molecule has 1 aromatic heterocycles. The molecule has 4 nitrogen and oxygen atoms in total. The quantitative estimate of drug-likeness (QED) is 0.887. The first-order valence-corrected chi connectivity index (χ1v) is 5.99. The van der Waals surface area contributed by atoms with Gasteiger partial charge in [-0.15, -0.1) is 0 Å². The van der Waals surface area contributed by atoms with Gasteiger partial charge in [-0.3, -0.25) is 4.79 Å². The molecule has 5 heteroatoms. The zero-order valence-corrected chi connectivity index (χ0v) is 11.3. The Kier molecular flexibility index (Phi) is 4.15. The summed E-state index contributed by atoms with van der Waals surface area (Å²) in [7, 11) is 0. The second-order valence-corrected chi connectivity index (χ2v) is 5.24. The minimum atomic E-state index is -0.892. The van der Waals surface area contributed by atoms with Crippen molar-refractivity contribution in [3.63, 3.8) is 0 Å². The van der Waals surface area contributed by atoms with E-state index in [1.165, 1.54) is 0 Å². The van der Waals surface area contributed by atoms with E-state index in [1.54, 1.807) is 19.9 Å². The maximum atomic E-state index is 11.8. The number of rotatable bonds is 4. The Labute approximate surface area is 104 Å². The number of aromatic nitrogens is 1. The van der Waals surface area contributed by atoms with Crippen molar-refractivity contribution < 1.29 is 9.90 Å². The van der Waals surface area contributed by atoms with Crippen LogP contribution in [0.5, 0.6) is 0 Å². The highest BCUT2D eigenvalue weighted by atomic mass is 79.9. The molecule has 0 saturated heterocycles. The standard InChI is InChI=1S/C11H17BrN2O2/c1-4-14-6-8(12)5-9(14)10(15)13-7-11(2,3)16/h5-6,16H,4,7H2,1-3H3,(H,13,15). The molecule has 0 unspecified atom stereocenters. The number of carbonyl (C=O) groups excluding carboxylic acids is 1. The van der Waals surface area contributed by atoms with Crippen LogP contribution in [0.1, 0.15) is 31.3 Å². The van der Waals surface area contributed by atoms with Crippen LogP contribution in [0.2, 0.25) is 0 Å². The third kappa shape index (κ3) is 3.64. The van der Waals surface area contributed by atoms with Gasteiger partial charge >= 0.3 is 0 Å². The summed E-state index contributed by atoms with van der Waals surface area (Å²) < 4.78 is 2.73. The van der Waals surface area contributed by atoms with Crippen molar-refractivity contribution in [1.82, 2.24) is 9.88 Å². The van der Waals surface area contributed by atoms with Crippen LogP contribution in [0, 0.1) is 0 Å². The van der Waals surface area contributed by atoms with Crippen LogP contribution in [-0.2, 0) is 6.54 Å². The molecule has 1 heterocycles. The Morgan fingerprint density at radius 3 is 2.75 bits per heavy atom. The number of halogens is 1. The van der Waals surface area contributed by atoms with Gasteiger partial charge in [-0.1, -0.05) is 0 Å². The van der Waals surface area contributed by atoms with Crippen LogP contribution in [0.3, 0.4) is 0 Å². The summed E-state index contributed by atoms with van der Waals surface area (Å²) in [4.78, 5) is 11.8. The Morgan fingerprint density at radius 2 is 2.25 bits per heavy atom. The Bertz CT molecular complexity index is 380. The fraction of sp³-hybridized carbons (Fsp3) is 0.545. The van der Waals surface area contributed by atoms with E-state index in [9.17, 15) is 9.90 Å². The highest BCUT2D eigenvalue weighted by Gasteiger charge is 2.17. The van der Waals surface area contributed by atoms with Crippen LogP contribution >= 0.6 is 15.9 Å². The van der Waals surface area contributed by atoms with E-state index in [4.69, 9.17) is 0 Å². The highest BCUT2D eigenvalue weighted by molar-refractivity contribution is 9.10. The second-order valence-electron chi connectivity index (χ2n) is 4.32. The number of aryl methyl sites for hydroxylation is 1. The van der Waals surface area contributed by atoms with Crippen molar-refractivity contribution in [2.24, 2.45) is 0 Å². The predicted octanol–water partition coefficient (Wildman–Crippen LogP) is 1.77. The van der Waals surface area contributed by atoms with Gasteiger partial charge in [0.1, 0.15) is 5.69 Å². The third-order valence-electron chi connectivity index (χ3n) is 2.12. The van der Waals surface area contributed by atoms with E-state index in [-0.39, 0.29) is 12.5 Å². The molecule has 0 saturated carbocycles. The Morgan fingerprint density at radius 1 is 1.62 bits per heavy atom. The minimum Gasteiger partial charge on any atom is -0.389 e. The first-order valence-electron chi connectivity index (χ1n) is 5.19. The van der Waals surface area contributed by atoms with Crippen molar-refractivity contribution in [2.75, 3.05) is 6.54 Å². The van der Waals surface area contributed by atoms with Crippen molar-refractivity contribution >= 4 is 21.8 Å². The molecule has 0 atom stereocenters. The lowest BCUT2D eigenvalue weighted by Gasteiger charge is -2.17. The maximum Gasteiger partial charge on any atom is 0.268 e. The molecule has 0 aromatic carbocycles. The monoisotopic (exact) mass is 288 g/mol. The van der Waals surface area contributed by atoms with Gasteiger partial charge in [-0.05, 0) is 42.8 Å². The molecule has 0 spiro atoms. The molecule has 0 bridgehead atoms. The lowest BCUT2D eigenvalue weighted by atomic mass is 10.1. The average molecular weight is 289 g/mol. The topological polar surface area (TPSA) is 54.3 Å². The van der Waals surface area contributed by atoms with E-state index >= 15 is 0 Å². The van der Waals surface area contributed by atoms with E-state index in [0.29, 0.717) is 5.69 Å². The molecule has 16 heavy (non-hydrogen) atoms. The Hall–Kier alpha value is -0.810. The summed E-state index contributed by atoms with van der Waals surface area (Å²) in [6.07, 6.45) is 1.86. The summed E-state index contributed by atoms with van der Waals surface area (Å²) in [6.45, 7) is 6.25. The van der Waals surface area contributed by atoms with E-state index in [0.717, 1.165) is 11.0 Å². The number of carbonyl (C=O) groups is 1. The molecule has 0 radical (unpaired) electrons. The molecule has 0 aliphatic rings. The van der Waals surface area contributed by atoms with Gasteiger partial charge in [0.2, 0.25) is 0 Å². The molecule has 90 valence electrons. The molecular weight excluding hydrogens is 272 g/mol. The van der Waals surface area contributed by atoms with Gasteiger partial charge in [0.15, 0.2) is 0 Å². The van der Waals surface area contributed by atoms with E-state index in [1.807, 2.05) is 17.7 Å². The van der Waals surface area contributed by atoms with Crippen molar-refractivity contribution in [2.45, 2.75) is 32.9 Å². The third-order valence-corrected chi connectivity index (χ3v) is 2.55. The fourth-order valence-corrected chi connectivity index (χ4v) is 1.78. The molecule has 2 N–H and O–H groups in total. The number of nitrogens with zero attached hydrogens (tertiary/aromatic N) is 1. The first-order chi connectivity index (χ1) is 7.33. The smallest absolute Gasteiger partial charge is 0.268 e. The van der Waals surface area contributed by atoms with Crippen LogP contribution < -0.4 is 5.32 Å². The van der Waals surface area contributed by atoms with Crippen LogP contribution in [0.25, 0.3) is 0 Å². The van der Waals surface area contributed by atoms with Crippen molar-refractivity contribution in [3.05, 3.63) is 22.4 Å². The fourth-order valence-electron chi connectivity index (χ4n) is 1.31. The molecule has 1 aromatic rings. The van der Waals surface area contributed by atoms with Gasteiger partial charge in [-0.2, -0.15) is 0 Å². The summed E-state index contributed by atoms with van der Waals surface area (Å²) in [6, 6.07) is 1.77. The first kappa shape index (κ1) is 13.3. The molecule has 0 fully saturated rings. The summed E-state index contributed by atoms with van der Waals surface area (Å²) >= 11 is 3.33. The van der Waals surface area contributed by atoms with Crippen LogP contribution in [-0.4, -0.2) is 27.7 Å². The van der Waals surface area contributed by atoms with Gasteiger partial charge < -0.3 is 15.0 Å². The van der Waals surface area contributed by atoms with Crippen molar-refractivity contribution in [1.29, 1.82) is 0 Å². The summed E-state index contributed by atoms with van der Waals surface area (Å²) in [5.74, 6) is -0.172. The minimum absolute atomic E-state index is 0.172. The molecule has 1 amide bonds. The highest BCUT2D eigenvalue weighted by Crippen LogP contribution is 2.15. The predicted molar refractivity (Wildman–Crippen MR) is 66.4 cm³/mol. The summed E-state index contributed by atoms with van der Waals surface area (Å²) in [5, 5.41) is 12.2. The SMILES string of the molecule is CCn1cc(Br)cc1C(=O)NCC(C)(C)O. The molecular formula is C11H17BrN2O2. The lowest BCUT2D eigenvalue weighted by Crippen LogP contribution is -2.38. The average Bonchev–Trinajstić information content (AvgIpc) is 2.55. The van der Waals surface area contributed by atoms with E-state index < -0.39 is 5.60 Å². The van der Waals surface area contributed by atoms with E-state index in [2.05, 4.69) is 21.2 Å². The van der Waals surface area contributed by atoms with Crippen LogP contribution in [0.15, 0.2) is 16.7 Å².